The molecule has 0 radical (unpaired) electrons. The van der Waals surface area contributed by atoms with Gasteiger partial charge in [-0.05, 0) is 6.92 Å². The van der Waals surface area contributed by atoms with Crippen molar-refractivity contribution in [3.63, 3.8) is 0 Å². The summed E-state index contributed by atoms with van der Waals surface area (Å²) >= 11 is 0. The highest BCUT2D eigenvalue weighted by molar-refractivity contribution is 5.87. The predicted molar refractivity (Wildman–Crippen MR) is 51.6 cm³/mol. The van der Waals surface area contributed by atoms with Crippen molar-refractivity contribution in [1.82, 2.24) is 5.48 Å². The van der Waals surface area contributed by atoms with Gasteiger partial charge in [0.2, 0.25) is 0 Å². The molecule has 0 heterocycles. The first kappa shape index (κ1) is 13.1. The van der Waals surface area contributed by atoms with E-state index in [0.717, 1.165) is 0 Å². The molecule has 0 amide bonds. The van der Waals surface area contributed by atoms with E-state index in [9.17, 15) is 4.79 Å². The molecule has 0 atom stereocenters. The van der Waals surface area contributed by atoms with Crippen molar-refractivity contribution < 1.29 is 19.1 Å². The smallest absolute Gasteiger partial charge is 0.333 e. The fourth-order valence-electron chi connectivity index (χ4n) is 0.695. The summed E-state index contributed by atoms with van der Waals surface area (Å²) in [5.41, 5.74) is 3.22. The molecule has 0 aromatic rings. The molecule has 82 valence electrons. The van der Waals surface area contributed by atoms with Crippen molar-refractivity contribution in [2.24, 2.45) is 0 Å². The molecule has 0 aliphatic carbocycles. The standard InChI is InChI=1S/C9H17NO4/c1-8(9(11)13-3)4-5-10-14-7-6-12-2/h4,10H,5-7H2,1-3H3/b8-4-. The van der Waals surface area contributed by atoms with Crippen LogP contribution in [0, 0.1) is 0 Å². The summed E-state index contributed by atoms with van der Waals surface area (Å²) in [5, 5.41) is 0. The first-order chi connectivity index (χ1) is 6.72. The van der Waals surface area contributed by atoms with Crippen LogP contribution in [0.1, 0.15) is 6.92 Å². The van der Waals surface area contributed by atoms with Crippen LogP contribution in [0.4, 0.5) is 0 Å². The van der Waals surface area contributed by atoms with Gasteiger partial charge in [0.05, 0.1) is 20.3 Å². The van der Waals surface area contributed by atoms with E-state index in [1.165, 1.54) is 7.11 Å². The summed E-state index contributed by atoms with van der Waals surface area (Å²) in [7, 11) is 2.95. The molecule has 0 bridgehead atoms. The second kappa shape index (κ2) is 8.68. The molecular weight excluding hydrogens is 186 g/mol. The Hall–Kier alpha value is -0.910. The second-order valence-corrected chi connectivity index (χ2v) is 2.57. The van der Waals surface area contributed by atoms with E-state index in [1.54, 1.807) is 20.1 Å². The Kier molecular flexibility index (Phi) is 8.11. The van der Waals surface area contributed by atoms with E-state index in [4.69, 9.17) is 9.57 Å². The zero-order valence-electron chi connectivity index (χ0n) is 8.83. The minimum Gasteiger partial charge on any atom is -0.466 e. The summed E-state index contributed by atoms with van der Waals surface area (Å²) in [6.07, 6.45) is 1.69. The molecule has 0 aromatic heterocycles. The Morgan fingerprint density at radius 1 is 1.36 bits per heavy atom. The van der Waals surface area contributed by atoms with Gasteiger partial charge in [0.1, 0.15) is 0 Å². The molecule has 0 spiro atoms. The van der Waals surface area contributed by atoms with Gasteiger partial charge < -0.3 is 9.47 Å². The van der Waals surface area contributed by atoms with E-state index >= 15 is 0 Å². The fraction of sp³-hybridized carbons (Fsp3) is 0.667. The number of carbonyl (C=O) groups is 1. The molecule has 0 fully saturated rings. The van der Waals surface area contributed by atoms with Gasteiger partial charge in [-0.15, -0.1) is 0 Å². The number of esters is 1. The molecule has 0 saturated heterocycles. The van der Waals surface area contributed by atoms with Crippen LogP contribution in [-0.2, 0) is 19.1 Å². The molecule has 0 aliphatic heterocycles. The van der Waals surface area contributed by atoms with Gasteiger partial charge in [-0.1, -0.05) is 6.08 Å². The quantitative estimate of drug-likeness (QED) is 0.278. The molecule has 0 unspecified atom stereocenters. The number of hydrogen-bond donors (Lipinski definition) is 1. The third-order valence-electron chi connectivity index (χ3n) is 1.49. The summed E-state index contributed by atoms with van der Waals surface area (Å²) in [4.78, 5) is 15.9. The molecule has 0 saturated carbocycles. The lowest BCUT2D eigenvalue weighted by atomic mass is 10.3. The molecule has 0 rings (SSSR count). The zero-order chi connectivity index (χ0) is 10.8. The number of nitrogens with one attached hydrogen (secondary N) is 1. The summed E-state index contributed by atoms with van der Waals surface area (Å²) < 4.78 is 9.28. The Labute approximate surface area is 84.0 Å². The molecule has 5 heteroatoms. The number of ether oxygens (including phenoxy) is 2. The lowest BCUT2D eigenvalue weighted by Gasteiger charge is -2.03. The molecular formula is C9H17NO4. The minimum atomic E-state index is -0.330. The van der Waals surface area contributed by atoms with Crippen LogP contribution in [0.25, 0.3) is 0 Å². The SMILES string of the molecule is COCCONC/C=C(/C)C(=O)OC. The van der Waals surface area contributed by atoms with Gasteiger partial charge in [0.25, 0.3) is 0 Å². The first-order valence-corrected chi connectivity index (χ1v) is 4.31. The maximum Gasteiger partial charge on any atom is 0.333 e. The lowest BCUT2D eigenvalue weighted by Crippen LogP contribution is -2.18. The number of rotatable bonds is 7. The highest BCUT2D eigenvalue weighted by Crippen LogP contribution is 1.93. The number of hydrogen-bond acceptors (Lipinski definition) is 5. The average Bonchev–Trinajstić information content (AvgIpc) is 2.21. The van der Waals surface area contributed by atoms with Crippen LogP contribution in [0.3, 0.4) is 0 Å². The van der Waals surface area contributed by atoms with Crippen molar-refractivity contribution in [1.29, 1.82) is 0 Å². The van der Waals surface area contributed by atoms with E-state index in [-0.39, 0.29) is 5.97 Å². The van der Waals surface area contributed by atoms with Crippen LogP contribution in [0.5, 0.6) is 0 Å². The third-order valence-corrected chi connectivity index (χ3v) is 1.49. The van der Waals surface area contributed by atoms with Crippen molar-refractivity contribution >= 4 is 5.97 Å². The van der Waals surface area contributed by atoms with E-state index in [1.807, 2.05) is 0 Å². The van der Waals surface area contributed by atoms with Gasteiger partial charge in [0.15, 0.2) is 0 Å². The van der Waals surface area contributed by atoms with E-state index in [2.05, 4.69) is 10.2 Å². The highest BCUT2D eigenvalue weighted by atomic mass is 16.7. The van der Waals surface area contributed by atoms with Crippen LogP contribution in [0.2, 0.25) is 0 Å². The Bertz CT molecular complexity index is 191. The normalized spacial score (nSPS) is 11.5. The predicted octanol–water partition coefficient (Wildman–Crippen LogP) is 0.273. The fourth-order valence-corrected chi connectivity index (χ4v) is 0.695. The third kappa shape index (κ3) is 6.59. The summed E-state index contributed by atoms with van der Waals surface area (Å²) in [5.74, 6) is -0.330. The van der Waals surface area contributed by atoms with E-state index < -0.39 is 0 Å². The van der Waals surface area contributed by atoms with Gasteiger partial charge in [-0.2, -0.15) is 5.48 Å². The monoisotopic (exact) mass is 203 g/mol. The maximum atomic E-state index is 10.9. The Morgan fingerprint density at radius 2 is 2.07 bits per heavy atom. The van der Waals surface area contributed by atoms with Gasteiger partial charge in [-0.25, -0.2) is 4.79 Å². The van der Waals surface area contributed by atoms with Gasteiger partial charge in [0, 0.05) is 19.2 Å². The molecule has 0 aliphatic rings. The van der Waals surface area contributed by atoms with Crippen molar-refractivity contribution in [3.8, 4) is 0 Å². The average molecular weight is 203 g/mol. The van der Waals surface area contributed by atoms with Crippen molar-refractivity contribution in [3.05, 3.63) is 11.6 Å². The Morgan fingerprint density at radius 3 is 2.64 bits per heavy atom. The summed E-state index contributed by atoms with van der Waals surface area (Å²) in [6, 6.07) is 0. The molecule has 14 heavy (non-hydrogen) atoms. The maximum absolute atomic E-state index is 10.9. The zero-order valence-corrected chi connectivity index (χ0v) is 8.83. The molecule has 0 aromatic carbocycles. The van der Waals surface area contributed by atoms with Crippen LogP contribution in [-0.4, -0.2) is 39.9 Å². The first-order valence-electron chi connectivity index (χ1n) is 4.31. The van der Waals surface area contributed by atoms with E-state index in [0.29, 0.717) is 25.3 Å². The largest absolute Gasteiger partial charge is 0.466 e. The minimum absolute atomic E-state index is 0.330. The number of methoxy groups -OCH3 is 2. The van der Waals surface area contributed by atoms with Crippen LogP contribution < -0.4 is 5.48 Å². The number of hydroxylamine groups is 1. The topological polar surface area (TPSA) is 56.8 Å². The molecule has 5 nitrogen and oxygen atoms in total. The van der Waals surface area contributed by atoms with Crippen LogP contribution >= 0.6 is 0 Å². The second-order valence-electron chi connectivity index (χ2n) is 2.57. The van der Waals surface area contributed by atoms with Crippen LogP contribution in [0.15, 0.2) is 11.6 Å². The van der Waals surface area contributed by atoms with Gasteiger partial charge >= 0.3 is 5.97 Å². The Balaban J connectivity index is 3.46. The molecule has 1 N–H and O–H groups in total. The lowest BCUT2D eigenvalue weighted by molar-refractivity contribution is -0.136. The number of carbonyl (C=O) groups excluding carboxylic acids is 1. The highest BCUT2D eigenvalue weighted by Gasteiger charge is 2.00. The van der Waals surface area contributed by atoms with Crippen molar-refractivity contribution in [2.45, 2.75) is 6.92 Å². The van der Waals surface area contributed by atoms with Gasteiger partial charge in [-0.3, -0.25) is 4.84 Å². The van der Waals surface area contributed by atoms with Crippen molar-refractivity contribution in [2.75, 3.05) is 34.0 Å². The summed E-state index contributed by atoms with van der Waals surface area (Å²) in [6.45, 7) is 3.15.